The Bertz CT molecular complexity index is 869. The van der Waals surface area contributed by atoms with Crippen molar-refractivity contribution in [3.8, 4) is 0 Å². The Morgan fingerprint density at radius 2 is 2.40 bits per heavy atom. The number of aromatic nitrogens is 4. The molecule has 25 heavy (non-hydrogen) atoms. The van der Waals surface area contributed by atoms with E-state index >= 15 is 0 Å². The maximum absolute atomic E-state index is 12.4. The molecule has 2 N–H and O–H groups in total. The van der Waals surface area contributed by atoms with Gasteiger partial charge in [0.2, 0.25) is 0 Å². The zero-order valence-electron chi connectivity index (χ0n) is 14.3. The maximum Gasteiger partial charge on any atom is 0.271 e. The van der Waals surface area contributed by atoms with Gasteiger partial charge in [-0.25, -0.2) is 9.97 Å². The highest BCUT2D eigenvalue weighted by atomic mass is 16.1. The zero-order valence-corrected chi connectivity index (χ0v) is 14.3. The fourth-order valence-corrected chi connectivity index (χ4v) is 3.43. The van der Waals surface area contributed by atoms with Gasteiger partial charge >= 0.3 is 0 Å². The van der Waals surface area contributed by atoms with Crippen molar-refractivity contribution in [3.63, 3.8) is 0 Å². The molecule has 1 unspecified atom stereocenters. The number of aryl methyl sites for hydroxylation is 1. The fraction of sp³-hybridized carbons (Fsp3) is 0.389. The van der Waals surface area contributed by atoms with Crippen molar-refractivity contribution in [1.82, 2.24) is 29.6 Å². The van der Waals surface area contributed by atoms with E-state index < -0.39 is 0 Å². The van der Waals surface area contributed by atoms with Gasteiger partial charge in [-0.3, -0.25) is 9.69 Å². The van der Waals surface area contributed by atoms with Crippen molar-refractivity contribution in [1.29, 1.82) is 0 Å². The topological polar surface area (TPSA) is 78.3 Å². The number of fused-ring (bicyclic) bond motifs is 1. The molecule has 3 aromatic rings. The smallest absolute Gasteiger partial charge is 0.271 e. The standard InChI is InChI=1S/C18H22N6O/c1-13-3-2-5-24-11-16(22-17(13)24)18(25)20-7-14-4-6-23(9-14)10-15-8-19-12-21-15/h2-3,5,8,11-12,14H,4,6-7,9-10H2,1H3,(H,19,21)(H,20,25). The summed E-state index contributed by atoms with van der Waals surface area (Å²) in [6, 6.07) is 3.95. The highest BCUT2D eigenvalue weighted by Gasteiger charge is 2.23. The molecule has 1 aliphatic heterocycles. The summed E-state index contributed by atoms with van der Waals surface area (Å²) in [5.74, 6) is 0.376. The normalized spacial score (nSPS) is 18.0. The Morgan fingerprint density at radius 1 is 1.48 bits per heavy atom. The average molecular weight is 338 g/mol. The number of H-pyrrole nitrogens is 1. The third-order valence-electron chi connectivity index (χ3n) is 4.78. The summed E-state index contributed by atoms with van der Waals surface area (Å²) in [4.78, 5) is 26.4. The van der Waals surface area contributed by atoms with Gasteiger partial charge in [0.1, 0.15) is 11.3 Å². The summed E-state index contributed by atoms with van der Waals surface area (Å²) in [7, 11) is 0. The molecule has 0 bridgehead atoms. The monoisotopic (exact) mass is 338 g/mol. The van der Waals surface area contributed by atoms with Crippen molar-refractivity contribution in [2.75, 3.05) is 19.6 Å². The Balaban J connectivity index is 1.32. The third kappa shape index (κ3) is 3.41. The van der Waals surface area contributed by atoms with Gasteiger partial charge in [0.05, 0.1) is 6.33 Å². The molecule has 0 radical (unpaired) electrons. The summed E-state index contributed by atoms with van der Waals surface area (Å²) >= 11 is 0. The van der Waals surface area contributed by atoms with Crippen LogP contribution in [0.4, 0.5) is 0 Å². The lowest BCUT2D eigenvalue weighted by molar-refractivity contribution is 0.0943. The Labute approximate surface area is 146 Å². The highest BCUT2D eigenvalue weighted by molar-refractivity contribution is 5.92. The predicted octanol–water partition coefficient (Wildman–Crippen LogP) is 1.62. The summed E-state index contributed by atoms with van der Waals surface area (Å²) in [6.07, 6.45) is 8.37. The number of carbonyl (C=O) groups excluding carboxylic acids is 1. The number of nitrogens with zero attached hydrogens (tertiary/aromatic N) is 4. The molecule has 7 nitrogen and oxygen atoms in total. The van der Waals surface area contributed by atoms with E-state index in [0.29, 0.717) is 18.2 Å². The van der Waals surface area contributed by atoms with Gasteiger partial charge in [0.15, 0.2) is 0 Å². The van der Waals surface area contributed by atoms with E-state index in [1.165, 1.54) is 0 Å². The second kappa shape index (κ2) is 6.68. The molecule has 0 aliphatic carbocycles. The Kier molecular flexibility index (Phi) is 4.23. The molecule has 4 heterocycles. The van der Waals surface area contributed by atoms with Crippen LogP contribution in [0.2, 0.25) is 0 Å². The fourth-order valence-electron chi connectivity index (χ4n) is 3.43. The minimum atomic E-state index is -0.102. The first-order chi connectivity index (χ1) is 12.2. The van der Waals surface area contributed by atoms with E-state index in [0.717, 1.165) is 43.0 Å². The van der Waals surface area contributed by atoms with Gasteiger partial charge in [0, 0.05) is 43.9 Å². The molecular weight excluding hydrogens is 316 g/mol. The number of amides is 1. The molecule has 7 heteroatoms. The van der Waals surface area contributed by atoms with E-state index in [1.54, 1.807) is 12.5 Å². The predicted molar refractivity (Wildman–Crippen MR) is 94.2 cm³/mol. The lowest BCUT2D eigenvalue weighted by Gasteiger charge is -2.15. The highest BCUT2D eigenvalue weighted by Crippen LogP contribution is 2.17. The van der Waals surface area contributed by atoms with Crippen LogP contribution in [-0.2, 0) is 6.54 Å². The van der Waals surface area contributed by atoms with Crippen molar-refractivity contribution < 1.29 is 4.79 Å². The van der Waals surface area contributed by atoms with Crippen LogP contribution in [0.3, 0.4) is 0 Å². The van der Waals surface area contributed by atoms with Crippen LogP contribution in [0.15, 0.2) is 37.1 Å². The number of hydrogen-bond donors (Lipinski definition) is 2. The number of pyridine rings is 1. The van der Waals surface area contributed by atoms with Gasteiger partial charge in [-0.2, -0.15) is 0 Å². The second-order valence-corrected chi connectivity index (χ2v) is 6.72. The Morgan fingerprint density at radius 3 is 3.20 bits per heavy atom. The van der Waals surface area contributed by atoms with E-state index in [2.05, 4.69) is 25.2 Å². The SMILES string of the molecule is Cc1cccn2cc(C(=O)NCC3CCN(Cc4cnc[nH]4)C3)nc12. The number of aromatic amines is 1. The lowest BCUT2D eigenvalue weighted by Crippen LogP contribution is -2.31. The summed E-state index contributed by atoms with van der Waals surface area (Å²) < 4.78 is 1.89. The quantitative estimate of drug-likeness (QED) is 0.741. The molecule has 0 spiro atoms. The maximum atomic E-state index is 12.4. The zero-order chi connectivity index (χ0) is 17.2. The van der Waals surface area contributed by atoms with Crippen molar-refractivity contribution in [2.24, 2.45) is 5.92 Å². The van der Waals surface area contributed by atoms with Crippen molar-refractivity contribution in [3.05, 3.63) is 54.0 Å². The van der Waals surface area contributed by atoms with E-state index in [4.69, 9.17) is 0 Å². The van der Waals surface area contributed by atoms with E-state index in [9.17, 15) is 4.79 Å². The van der Waals surface area contributed by atoms with Crippen LogP contribution in [-0.4, -0.2) is 49.8 Å². The van der Waals surface area contributed by atoms with Crippen molar-refractivity contribution >= 4 is 11.6 Å². The number of carbonyl (C=O) groups is 1. The van der Waals surface area contributed by atoms with Crippen LogP contribution in [0.25, 0.3) is 5.65 Å². The van der Waals surface area contributed by atoms with Gasteiger partial charge in [-0.1, -0.05) is 6.07 Å². The molecule has 0 saturated carbocycles. The first kappa shape index (κ1) is 15.8. The van der Waals surface area contributed by atoms with E-state index in [1.807, 2.05) is 35.9 Å². The van der Waals surface area contributed by atoms with Crippen molar-refractivity contribution in [2.45, 2.75) is 19.9 Å². The molecule has 1 fully saturated rings. The first-order valence-corrected chi connectivity index (χ1v) is 8.61. The molecule has 1 atom stereocenters. The van der Waals surface area contributed by atoms with Crippen LogP contribution in [0, 0.1) is 12.8 Å². The molecule has 1 aliphatic rings. The number of nitrogens with one attached hydrogen (secondary N) is 2. The molecule has 1 saturated heterocycles. The molecule has 130 valence electrons. The number of hydrogen-bond acceptors (Lipinski definition) is 4. The summed E-state index contributed by atoms with van der Waals surface area (Å²) in [6.45, 7) is 5.61. The second-order valence-electron chi connectivity index (χ2n) is 6.72. The van der Waals surface area contributed by atoms with Gasteiger partial charge in [-0.05, 0) is 37.4 Å². The minimum absolute atomic E-state index is 0.102. The first-order valence-electron chi connectivity index (χ1n) is 8.61. The average Bonchev–Trinajstić information content (AvgIpc) is 3.34. The number of rotatable bonds is 5. The summed E-state index contributed by atoms with van der Waals surface area (Å²) in [5.41, 5.74) is 3.50. The Hall–Kier alpha value is -2.67. The summed E-state index contributed by atoms with van der Waals surface area (Å²) in [5, 5.41) is 3.04. The molecule has 4 rings (SSSR count). The van der Waals surface area contributed by atoms with Crippen LogP contribution >= 0.6 is 0 Å². The molecule has 1 amide bonds. The van der Waals surface area contributed by atoms with Gasteiger partial charge < -0.3 is 14.7 Å². The van der Waals surface area contributed by atoms with E-state index in [-0.39, 0.29) is 5.91 Å². The number of imidazole rings is 2. The lowest BCUT2D eigenvalue weighted by atomic mass is 10.1. The molecule has 0 aromatic carbocycles. The largest absolute Gasteiger partial charge is 0.350 e. The van der Waals surface area contributed by atoms with Crippen LogP contribution in [0.1, 0.15) is 28.2 Å². The van der Waals surface area contributed by atoms with Crippen LogP contribution < -0.4 is 5.32 Å². The molecular formula is C18H22N6O. The van der Waals surface area contributed by atoms with Gasteiger partial charge in [-0.15, -0.1) is 0 Å². The number of likely N-dealkylation sites (tertiary alicyclic amines) is 1. The van der Waals surface area contributed by atoms with Crippen LogP contribution in [0.5, 0.6) is 0 Å². The third-order valence-corrected chi connectivity index (χ3v) is 4.78. The van der Waals surface area contributed by atoms with Gasteiger partial charge in [0.25, 0.3) is 5.91 Å². The minimum Gasteiger partial charge on any atom is -0.350 e. The molecule has 3 aromatic heterocycles.